The highest BCUT2D eigenvalue weighted by atomic mass is 32.2. The molecule has 140 valence electrons. The molecule has 0 saturated heterocycles. The zero-order valence-electron chi connectivity index (χ0n) is 15.4. The highest BCUT2D eigenvalue weighted by Gasteiger charge is 2.18. The number of benzene rings is 1. The molecule has 5 nitrogen and oxygen atoms in total. The van der Waals surface area contributed by atoms with E-state index in [1.807, 2.05) is 31.2 Å². The highest BCUT2D eigenvalue weighted by molar-refractivity contribution is 7.91. The molecule has 0 amide bonds. The second-order valence-corrected chi connectivity index (χ2v) is 8.85. The van der Waals surface area contributed by atoms with Gasteiger partial charge in [0.2, 0.25) is 0 Å². The Morgan fingerprint density at radius 1 is 1.19 bits per heavy atom. The summed E-state index contributed by atoms with van der Waals surface area (Å²) in [4.78, 5) is 16.3. The fourth-order valence-electron chi connectivity index (χ4n) is 3.04. The molecule has 0 radical (unpaired) electrons. The fourth-order valence-corrected chi connectivity index (χ4v) is 4.26. The molecule has 1 aromatic carbocycles. The number of hydrogen-bond acceptors (Lipinski definition) is 5. The number of hydrogen-bond donors (Lipinski definition) is 1. The van der Waals surface area contributed by atoms with E-state index in [-0.39, 0.29) is 36.3 Å². The molecule has 2 heterocycles. The Bertz CT molecular complexity index is 923. The lowest BCUT2D eigenvalue weighted by Gasteiger charge is -2.15. The molecular formula is C20H23BN2O3S. The largest absolute Gasteiger partial charge is 0.348 e. The third-order valence-electron chi connectivity index (χ3n) is 4.62. The number of Topliss-reactive ketones (excluding diaryl/α,β-unsaturated/α-hetero) is 1. The molecule has 27 heavy (non-hydrogen) atoms. The van der Waals surface area contributed by atoms with Gasteiger partial charge in [-0.2, -0.15) is 0 Å². The molecule has 0 fully saturated rings. The van der Waals surface area contributed by atoms with Crippen LogP contribution in [0.4, 0.5) is 0 Å². The molecule has 0 unspecified atom stereocenters. The first-order valence-corrected chi connectivity index (χ1v) is 10.8. The predicted molar refractivity (Wildman–Crippen MR) is 108 cm³/mol. The lowest BCUT2D eigenvalue weighted by molar-refractivity contribution is 0.0982. The van der Waals surface area contributed by atoms with Gasteiger partial charge in [0, 0.05) is 18.2 Å². The van der Waals surface area contributed by atoms with Crippen LogP contribution in [0.3, 0.4) is 0 Å². The summed E-state index contributed by atoms with van der Waals surface area (Å²) in [5, 5.41) is 3.48. The summed E-state index contributed by atoms with van der Waals surface area (Å²) >= 11 is 0. The average Bonchev–Trinajstić information content (AvgIpc) is 2.69. The first-order chi connectivity index (χ1) is 13.0. The number of sulfone groups is 1. The van der Waals surface area contributed by atoms with Crippen molar-refractivity contribution in [3.63, 3.8) is 0 Å². The molecule has 1 aliphatic heterocycles. The third kappa shape index (κ3) is 5.14. The van der Waals surface area contributed by atoms with E-state index in [2.05, 4.69) is 22.3 Å². The van der Waals surface area contributed by atoms with Gasteiger partial charge in [-0.25, -0.2) is 13.4 Å². The van der Waals surface area contributed by atoms with Crippen LogP contribution in [0.1, 0.15) is 35.2 Å². The maximum absolute atomic E-state index is 12.4. The summed E-state index contributed by atoms with van der Waals surface area (Å²) in [7, 11) is -3.46. The number of rotatable bonds is 7. The van der Waals surface area contributed by atoms with Gasteiger partial charge in [0.05, 0.1) is 5.75 Å². The Morgan fingerprint density at radius 2 is 1.96 bits per heavy atom. The minimum atomic E-state index is -3.46. The Balaban J connectivity index is 1.55. The van der Waals surface area contributed by atoms with E-state index in [4.69, 9.17) is 0 Å². The number of carbonyl (C=O) groups excluding carboxylic acids is 1. The minimum absolute atomic E-state index is 0.0410. The van der Waals surface area contributed by atoms with Crippen LogP contribution in [0.15, 0.2) is 59.7 Å². The van der Waals surface area contributed by atoms with Crippen molar-refractivity contribution in [2.45, 2.75) is 31.2 Å². The van der Waals surface area contributed by atoms with Crippen molar-refractivity contribution in [1.29, 1.82) is 0 Å². The van der Waals surface area contributed by atoms with Crippen LogP contribution in [0, 0.1) is 6.92 Å². The standard InChI is InChI=1S/C20H23BN2O3S/c1-16-6-11-20(22-15-16)27(25,26)14-4-5-19(24)17-7-9-18(10-8-17)21-12-2-3-13-23-21/h2,6-12,15,23H,3-5,13-14H2,1H3. The highest BCUT2D eigenvalue weighted by Crippen LogP contribution is 2.12. The van der Waals surface area contributed by atoms with Crippen molar-refractivity contribution in [2.75, 3.05) is 12.3 Å². The molecule has 2 aromatic rings. The van der Waals surface area contributed by atoms with Gasteiger partial charge >= 0.3 is 0 Å². The summed E-state index contributed by atoms with van der Waals surface area (Å²) in [6, 6.07) is 10.8. The van der Waals surface area contributed by atoms with Crippen molar-refractivity contribution in [3.8, 4) is 0 Å². The van der Waals surface area contributed by atoms with E-state index >= 15 is 0 Å². The van der Waals surface area contributed by atoms with Gasteiger partial charge in [-0.1, -0.05) is 47.8 Å². The fraction of sp³-hybridized carbons (Fsp3) is 0.300. The Hall–Kier alpha value is -2.25. The molecular weight excluding hydrogens is 359 g/mol. The molecule has 0 spiro atoms. The van der Waals surface area contributed by atoms with Crippen LogP contribution in [0.5, 0.6) is 0 Å². The van der Waals surface area contributed by atoms with Gasteiger partial charge in [0.25, 0.3) is 6.85 Å². The summed E-state index contributed by atoms with van der Waals surface area (Å²) in [6.45, 7) is 3.00. The molecule has 0 saturated carbocycles. The maximum Gasteiger partial charge on any atom is 0.281 e. The van der Waals surface area contributed by atoms with Gasteiger partial charge < -0.3 is 5.23 Å². The molecule has 0 aliphatic carbocycles. The SMILES string of the molecule is Cc1ccc(S(=O)(=O)CCCC(=O)c2ccc(B3C=CCCN3)cc2)nc1. The zero-order chi connectivity index (χ0) is 19.3. The van der Waals surface area contributed by atoms with E-state index in [1.54, 1.807) is 6.07 Å². The van der Waals surface area contributed by atoms with Crippen molar-refractivity contribution in [3.05, 3.63) is 65.8 Å². The molecule has 1 aliphatic rings. The number of aryl methyl sites for hydroxylation is 1. The predicted octanol–water partition coefficient (Wildman–Crippen LogP) is 2.11. The van der Waals surface area contributed by atoms with Gasteiger partial charge in [0.15, 0.2) is 20.6 Å². The van der Waals surface area contributed by atoms with Crippen LogP contribution in [-0.2, 0) is 9.84 Å². The van der Waals surface area contributed by atoms with Crippen LogP contribution < -0.4 is 10.7 Å². The van der Waals surface area contributed by atoms with E-state index in [1.165, 1.54) is 12.3 Å². The molecule has 3 rings (SSSR count). The third-order valence-corrected chi connectivity index (χ3v) is 6.32. The maximum atomic E-state index is 12.4. The summed E-state index contributed by atoms with van der Waals surface area (Å²) in [5.41, 5.74) is 2.64. The van der Waals surface area contributed by atoms with Gasteiger partial charge in [-0.15, -0.1) is 0 Å². The number of ketones is 1. The topological polar surface area (TPSA) is 76.1 Å². The van der Waals surface area contributed by atoms with E-state index < -0.39 is 9.84 Å². The van der Waals surface area contributed by atoms with Crippen molar-refractivity contribution >= 4 is 27.9 Å². The van der Waals surface area contributed by atoms with Crippen LogP contribution in [0.2, 0.25) is 0 Å². The van der Waals surface area contributed by atoms with Gasteiger partial charge in [-0.05, 0) is 37.9 Å². The lowest BCUT2D eigenvalue weighted by Crippen LogP contribution is -2.45. The van der Waals surface area contributed by atoms with Crippen LogP contribution >= 0.6 is 0 Å². The van der Waals surface area contributed by atoms with Gasteiger partial charge in [0.1, 0.15) is 0 Å². The molecule has 1 aromatic heterocycles. The van der Waals surface area contributed by atoms with Crippen molar-refractivity contribution < 1.29 is 13.2 Å². The lowest BCUT2D eigenvalue weighted by atomic mass is 9.55. The number of pyridine rings is 1. The van der Waals surface area contributed by atoms with Crippen molar-refractivity contribution in [2.24, 2.45) is 0 Å². The molecule has 1 N–H and O–H groups in total. The van der Waals surface area contributed by atoms with E-state index in [9.17, 15) is 13.2 Å². The number of aromatic nitrogens is 1. The Morgan fingerprint density at radius 3 is 2.59 bits per heavy atom. The van der Waals surface area contributed by atoms with Crippen LogP contribution in [0.25, 0.3) is 0 Å². The smallest absolute Gasteiger partial charge is 0.281 e. The molecule has 7 heteroatoms. The first-order valence-electron chi connectivity index (χ1n) is 9.14. The second-order valence-electron chi connectivity index (χ2n) is 6.79. The molecule has 0 atom stereocenters. The Labute approximate surface area is 160 Å². The summed E-state index contributed by atoms with van der Waals surface area (Å²) in [6.07, 6.45) is 5.21. The van der Waals surface area contributed by atoms with Gasteiger partial charge in [-0.3, -0.25) is 4.79 Å². The second kappa shape index (κ2) is 8.63. The monoisotopic (exact) mass is 382 g/mol. The number of nitrogens with zero attached hydrogens (tertiary/aromatic N) is 1. The minimum Gasteiger partial charge on any atom is -0.348 e. The quantitative estimate of drug-likeness (QED) is 0.587. The van der Waals surface area contributed by atoms with Crippen LogP contribution in [-0.4, -0.2) is 38.3 Å². The molecule has 0 bridgehead atoms. The zero-order valence-corrected chi connectivity index (χ0v) is 16.2. The number of carbonyl (C=O) groups is 1. The van der Waals surface area contributed by atoms with Crippen molar-refractivity contribution in [1.82, 2.24) is 10.2 Å². The average molecular weight is 382 g/mol. The van der Waals surface area contributed by atoms with E-state index in [0.717, 1.165) is 24.0 Å². The normalized spacial score (nSPS) is 14.3. The Kier molecular flexibility index (Phi) is 6.24. The van der Waals surface area contributed by atoms with E-state index in [0.29, 0.717) is 5.56 Å². The number of nitrogens with one attached hydrogen (secondary N) is 1. The summed E-state index contributed by atoms with van der Waals surface area (Å²) in [5.74, 6) is 2.01. The summed E-state index contributed by atoms with van der Waals surface area (Å²) < 4.78 is 24.6. The first kappa shape index (κ1) is 19.5.